The fraction of sp³-hybridized carbons (Fsp3) is 1.00. The summed E-state index contributed by atoms with van der Waals surface area (Å²) in [5, 5.41) is 0. The van der Waals surface area contributed by atoms with Gasteiger partial charge in [0.05, 0.1) is 12.2 Å². The zero-order valence-electron chi connectivity index (χ0n) is 28.9. The molecule has 7 fully saturated rings. The van der Waals surface area contributed by atoms with Crippen molar-refractivity contribution >= 4 is 20.8 Å². The number of rotatable bonds is 9. The maximum Gasteiger partial charge on any atom is 0.284 e. The molecule has 6 unspecified atom stereocenters. The van der Waals surface area contributed by atoms with Crippen LogP contribution in [0.2, 0.25) is 0 Å². The van der Waals surface area contributed by atoms with E-state index in [1.165, 1.54) is 6.42 Å². The normalized spacial score (nSPS) is 53.7. The standard InChI is InChI=1S/C34H56O11S2/c1-8-12-34-41-26-15-24-22-10-9-21-14-25(43-46(35,36)37)27(44-47(38,39)40)17-31(21,6)23(22)11-13-30(24,5)29(26)32(7,45-34)28(42-34)18-33(19(2)3)16-20(33)4/h19-29H,8-18H2,1-7H3,(H,35,36,37)(H,38,39,40)/p-2/t20?,21-,22?,23?,24-,25-,26-,27-,28+,29?,30-,31-,32+,33?,34?/m0/s1. The van der Waals surface area contributed by atoms with E-state index in [0.29, 0.717) is 30.1 Å². The van der Waals surface area contributed by atoms with Crippen molar-refractivity contribution in [2.24, 2.45) is 57.7 Å². The van der Waals surface area contributed by atoms with Crippen LogP contribution in [0.25, 0.3) is 0 Å². The summed E-state index contributed by atoms with van der Waals surface area (Å²) in [6, 6.07) is 0. The van der Waals surface area contributed by atoms with Gasteiger partial charge in [0, 0.05) is 12.3 Å². The molecule has 0 radical (unpaired) electrons. The molecule has 15 atom stereocenters. The van der Waals surface area contributed by atoms with Crippen LogP contribution in [0.5, 0.6) is 0 Å². The summed E-state index contributed by atoms with van der Waals surface area (Å²) in [4.78, 5) is 0. The Labute approximate surface area is 281 Å². The van der Waals surface area contributed by atoms with Crippen LogP contribution in [-0.4, -0.2) is 61.9 Å². The zero-order chi connectivity index (χ0) is 34.2. The third kappa shape index (κ3) is 5.50. The van der Waals surface area contributed by atoms with E-state index in [-0.39, 0.29) is 53.6 Å². The maximum absolute atomic E-state index is 11.7. The molecule has 47 heavy (non-hydrogen) atoms. The van der Waals surface area contributed by atoms with E-state index in [2.05, 4.69) is 48.5 Å². The number of fused-ring (bicyclic) bond motifs is 10. The molecule has 0 aromatic rings. The Bertz CT molecular complexity index is 1470. The van der Waals surface area contributed by atoms with Gasteiger partial charge in [0.1, 0.15) is 17.8 Å². The lowest BCUT2D eigenvalue weighted by molar-refractivity contribution is -0.403. The van der Waals surface area contributed by atoms with Gasteiger partial charge in [-0.05, 0) is 123 Å². The molecule has 13 heteroatoms. The van der Waals surface area contributed by atoms with E-state index in [1.807, 2.05) is 0 Å². The third-order valence-corrected chi connectivity index (χ3v) is 16.2. The van der Waals surface area contributed by atoms with E-state index >= 15 is 0 Å². The molecule has 7 aliphatic rings. The molecule has 270 valence electrons. The second kappa shape index (κ2) is 11.1. The molecule has 2 bridgehead atoms. The van der Waals surface area contributed by atoms with Crippen LogP contribution in [0.1, 0.15) is 119 Å². The van der Waals surface area contributed by atoms with Crippen LogP contribution in [-0.2, 0) is 43.4 Å². The lowest BCUT2D eigenvalue weighted by atomic mass is 9.44. The van der Waals surface area contributed by atoms with Crippen molar-refractivity contribution in [1.82, 2.24) is 0 Å². The van der Waals surface area contributed by atoms with Crippen LogP contribution >= 0.6 is 0 Å². The minimum Gasteiger partial charge on any atom is -0.726 e. The third-order valence-electron chi connectivity index (χ3n) is 15.2. The summed E-state index contributed by atoms with van der Waals surface area (Å²) in [7, 11) is -10.3. The number of hydrogen-bond acceptors (Lipinski definition) is 11. The van der Waals surface area contributed by atoms with Gasteiger partial charge in [0.25, 0.3) is 5.97 Å². The molecule has 5 aliphatic carbocycles. The lowest BCUT2D eigenvalue weighted by Gasteiger charge is -2.62. The van der Waals surface area contributed by atoms with Gasteiger partial charge in [-0.1, -0.05) is 41.5 Å². The van der Waals surface area contributed by atoms with Gasteiger partial charge in [-0.2, -0.15) is 0 Å². The first kappa shape index (κ1) is 35.0. The van der Waals surface area contributed by atoms with Gasteiger partial charge in [-0.15, -0.1) is 0 Å². The van der Waals surface area contributed by atoms with Gasteiger partial charge in [-0.3, -0.25) is 8.37 Å². The van der Waals surface area contributed by atoms with Crippen molar-refractivity contribution in [1.29, 1.82) is 0 Å². The van der Waals surface area contributed by atoms with Crippen LogP contribution in [0, 0.1) is 57.7 Å². The van der Waals surface area contributed by atoms with Crippen LogP contribution in [0.15, 0.2) is 0 Å². The highest BCUT2D eigenvalue weighted by molar-refractivity contribution is 7.81. The monoisotopic (exact) mass is 702 g/mol. The Kier molecular flexibility index (Phi) is 8.25. The Hall–Kier alpha value is -0.380. The first-order valence-corrected chi connectivity index (χ1v) is 20.7. The molecular weight excluding hydrogens is 648 g/mol. The fourth-order valence-corrected chi connectivity index (χ4v) is 14.1. The zero-order valence-corrected chi connectivity index (χ0v) is 30.6. The molecule has 11 nitrogen and oxygen atoms in total. The molecule has 0 aromatic heterocycles. The van der Waals surface area contributed by atoms with E-state index in [4.69, 9.17) is 22.6 Å². The first-order valence-electron chi connectivity index (χ1n) is 18.0. The Morgan fingerprint density at radius 3 is 2.13 bits per heavy atom. The smallest absolute Gasteiger partial charge is 0.284 e. The molecule has 2 heterocycles. The molecule has 0 aromatic carbocycles. The minimum atomic E-state index is -5.16. The number of ether oxygens (including phenoxy) is 3. The van der Waals surface area contributed by atoms with Crippen molar-refractivity contribution in [3.05, 3.63) is 0 Å². The minimum absolute atomic E-state index is 0.00390. The summed E-state index contributed by atoms with van der Waals surface area (Å²) >= 11 is 0. The Morgan fingerprint density at radius 1 is 0.872 bits per heavy atom. The highest BCUT2D eigenvalue weighted by atomic mass is 32.3. The van der Waals surface area contributed by atoms with E-state index < -0.39 is 50.0 Å². The van der Waals surface area contributed by atoms with E-state index in [0.717, 1.165) is 44.9 Å². The highest BCUT2D eigenvalue weighted by Crippen LogP contribution is 2.73. The molecule has 0 spiro atoms. The molecule has 5 saturated carbocycles. The van der Waals surface area contributed by atoms with Gasteiger partial charge in [0.2, 0.25) is 20.8 Å². The van der Waals surface area contributed by atoms with Gasteiger partial charge in [-0.25, -0.2) is 16.8 Å². The Morgan fingerprint density at radius 2 is 1.53 bits per heavy atom. The predicted octanol–water partition coefficient (Wildman–Crippen LogP) is 5.66. The van der Waals surface area contributed by atoms with Crippen molar-refractivity contribution in [2.75, 3.05) is 0 Å². The van der Waals surface area contributed by atoms with Crippen LogP contribution < -0.4 is 0 Å². The lowest BCUT2D eigenvalue weighted by Crippen LogP contribution is -2.61. The largest absolute Gasteiger partial charge is 0.726 e. The maximum atomic E-state index is 11.7. The SMILES string of the molecule is CCCC12O[C@H]3C[C@H]4C5CC[C@H]6C[C@H](OS(=O)(=O)[O-])[C@@H](OS(=O)(=O)[O-])C[C@]6(C)C5CC[C@]4(C)C3[C@](C)(O1)[C@@H](CC1(C(C)C)CC1C)O2. The molecule has 2 saturated heterocycles. The first-order chi connectivity index (χ1) is 21.7. The van der Waals surface area contributed by atoms with Crippen molar-refractivity contribution in [2.45, 2.75) is 155 Å². The summed E-state index contributed by atoms with van der Waals surface area (Å²) in [6.07, 6.45) is 5.85. The van der Waals surface area contributed by atoms with Gasteiger partial charge >= 0.3 is 0 Å². The molecule has 7 rings (SSSR count). The fourth-order valence-electron chi connectivity index (χ4n) is 13.1. The van der Waals surface area contributed by atoms with Crippen LogP contribution in [0.3, 0.4) is 0 Å². The molecule has 0 N–H and O–H groups in total. The van der Waals surface area contributed by atoms with Gasteiger partial charge in [0.15, 0.2) is 0 Å². The topological polar surface area (TPSA) is 161 Å². The summed E-state index contributed by atoms with van der Waals surface area (Å²) in [5.41, 5.74) is -0.702. The molecule has 2 aliphatic heterocycles. The van der Waals surface area contributed by atoms with Crippen molar-refractivity contribution in [3.63, 3.8) is 0 Å². The molecule has 0 amide bonds. The average molecular weight is 703 g/mol. The molecular formula is C34H54O11S2-2. The predicted molar refractivity (Wildman–Crippen MR) is 168 cm³/mol. The second-order valence-corrected chi connectivity index (χ2v) is 19.6. The quantitative estimate of drug-likeness (QED) is 0.216. The van der Waals surface area contributed by atoms with Crippen LogP contribution in [0.4, 0.5) is 0 Å². The van der Waals surface area contributed by atoms with Crippen molar-refractivity contribution < 1.29 is 48.5 Å². The van der Waals surface area contributed by atoms with Gasteiger partial charge < -0.3 is 23.3 Å². The summed E-state index contributed by atoms with van der Waals surface area (Å²) in [6.45, 7) is 16.0. The summed E-state index contributed by atoms with van der Waals surface area (Å²) in [5.74, 6) is 1.26. The Balaban J connectivity index is 1.19. The average Bonchev–Trinajstić information content (AvgIpc) is 3.39. The summed E-state index contributed by atoms with van der Waals surface area (Å²) < 4.78 is 101. The van der Waals surface area contributed by atoms with Crippen molar-refractivity contribution in [3.8, 4) is 0 Å². The number of hydrogen-bond donors (Lipinski definition) is 0. The van der Waals surface area contributed by atoms with E-state index in [1.54, 1.807) is 0 Å². The highest BCUT2D eigenvalue weighted by Gasteiger charge is 2.75. The second-order valence-electron chi connectivity index (χ2n) is 17.6. The van der Waals surface area contributed by atoms with E-state index in [9.17, 15) is 25.9 Å².